The van der Waals surface area contributed by atoms with Crippen LogP contribution in [0.15, 0.2) is 0 Å². The molecule has 2 aliphatic rings. The zero-order chi connectivity index (χ0) is 15.4. The molecule has 1 heterocycles. The summed E-state index contributed by atoms with van der Waals surface area (Å²) in [6, 6.07) is 0. The van der Waals surface area contributed by atoms with Gasteiger partial charge in [0.15, 0.2) is 5.60 Å². The topological polar surface area (TPSA) is 49.7 Å². The van der Waals surface area contributed by atoms with Crippen LogP contribution < -0.4 is 0 Å². The second-order valence-electron chi connectivity index (χ2n) is 5.64. The molecule has 3 unspecified atom stereocenters. The maximum Gasteiger partial charge on any atom is 0.449 e. The van der Waals surface area contributed by atoms with Crippen molar-refractivity contribution in [2.75, 3.05) is 0 Å². The lowest BCUT2D eigenvalue weighted by Gasteiger charge is -2.42. The normalized spacial score (nSPS) is 42.9. The molecule has 0 bridgehead atoms. The predicted molar refractivity (Wildman–Crippen MR) is 58.0 cm³/mol. The van der Waals surface area contributed by atoms with E-state index in [-0.39, 0.29) is 12.8 Å². The summed E-state index contributed by atoms with van der Waals surface area (Å²) in [5, 5.41) is 19.6. The second kappa shape index (κ2) is 4.51. The summed E-state index contributed by atoms with van der Waals surface area (Å²) < 4.78 is 70.9. The number of ether oxygens (including phenoxy) is 1. The Kier molecular flexibility index (Phi) is 3.59. The molecule has 1 saturated carbocycles. The smallest absolute Gasteiger partial charge is 0.380 e. The Morgan fingerprint density at radius 3 is 1.95 bits per heavy atom. The van der Waals surface area contributed by atoms with Crippen LogP contribution >= 0.6 is 0 Å². The van der Waals surface area contributed by atoms with Crippen LogP contribution in [0.1, 0.15) is 39.0 Å². The quantitative estimate of drug-likeness (QED) is 0.732. The van der Waals surface area contributed by atoms with Crippen LogP contribution in [0.25, 0.3) is 0 Å². The number of alkyl halides is 5. The minimum atomic E-state index is -5.69. The van der Waals surface area contributed by atoms with Crippen molar-refractivity contribution in [3.05, 3.63) is 0 Å². The molecule has 0 aromatic heterocycles. The first-order chi connectivity index (χ1) is 8.98. The second-order valence-corrected chi connectivity index (χ2v) is 5.64. The van der Waals surface area contributed by atoms with Crippen molar-refractivity contribution in [2.45, 2.75) is 68.6 Å². The Morgan fingerprint density at radius 2 is 1.55 bits per heavy atom. The van der Waals surface area contributed by atoms with Gasteiger partial charge in [-0.3, -0.25) is 0 Å². The molecule has 20 heavy (non-hydrogen) atoms. The van der Waals surface area contributed by atoms with Gasteiger partial charge in [0.2, 0.25) is 0 Å². The van der Waals surface area contributed by atoms with Gasteiger partial charge in [-0.1, -0.05) is 19.3 Å². The van der Waals surface area contributed by atoms with Gasteiger partial charge >= 0.3 is 17.9 Å². The zero-order valence-corrected chi connectivity index (χ0v) is 10.9. The van der Waals surface area contributed by atoms with Crippen LogP contribution in [0.2, 0.25) is 0 Å². The van der Waals surface area contributed by atoms with Gasteiger partial charge in [-0.05, 0) is 25.7 Å². The van der Waals surface area contributed by atoms with E-state index in [1.807, 2.05) is 0 Å². The predicted octanol–water partition coefficient (Wildman–Crippen LogP) is 2.60. The van der Waals surface area contributed by atoms with E-state index in [2.05, 4.69) is 4.74 Å². The number of rotatable bonds is 1. The van der Waals surface area contributed by atoms with Crippen molar-refractivity contribution in [3.8, 4) is 0 Å². The molecule has 0 radical (unpaired) electrons. The van der Waals surface area contributed by atoms with Crippen LogP contribution in [-0.4, -0.2) is 39.8 Å². The molecule has 1 saturated heterocycles. The fraction of sp³-hybridized carbons (Fsp3) is 1.00. The summed E-state index contributed by atoms with van der Waals surface area (Å²) in [5.74, 6) is -10.5. The van der Waals surface area contributed by atoms with E-state index in [1.54, 1.807) is 0 Å². The first kappa shape index (κ1) is 15.9. The molecule has 8 heteroatoms. The molecule has 1 aliphatic heterocycles. The molecule has 0 aromatic rings. The molecular weight excluding hydrogens is 287 g/mol. The summed E-state index contributed by atoms with van der Waals surface area (Å²) in [4.78, 5) is 0. The molecule has 0 spiro atoms. The van der Waals surface area contributed by atoms with Crippen molar-refractivity contribution >= 4 is 0 Å². The molecule has 3 atom stereocenters. The highest BCUT2D eigenvalue weighted by Gasteiger charge is 2.85. The van der Waals surface area contributed by atoms with E-state index in [1.165, 1.54) is 0 Å². The highest BCUT2D eigenvalue weighted by atomic mass is 19.4. The summed E-state index contributed by atoms with van der Waals surface area (Å²) in [6.45, 7) is 0.937. The molecule has 2 N–H and O–H groups in total. The lowest BCUT2D eigenvalue weighted by atomic mass is 9.71. The molecule has 2 rings (SSSR count). The summed E-state index contributed by atoms with van der Waals surface area (Å²) >= 11 is 0. The van der Waals surface area contributed by atoms with E-state index in [0.29, 0.717) is 12.8 Å². The number of aliphatic hydroxyl groups is 2. The Morgan fingerprint density at radius 1 is 1.05 bits per heavy atom. The Hall–Kier alpha value is -0.470. The van der Waals surface area contributed by atoms with Gasteiger partial charge < -0.3 is 14.9 Å². The Balaban J connectivity index is 2.44. The number of hydrogen-bond donors (Lipinski definition) is 2. The monoisotopic (exact) mass is 304 g/mol. The maximum absolute atomic E-state index is 14.2. The average molecular weight is 304 g/mol. The third-order valence-corrected chi connectivity index (χ3v) is 4.51. The van der Waals surface area contributed by atoms with E-state index < -0.39 is 35.5 Å². The van der Waals surface area contributed by atoms with Crippen molar-refractivity contribution in [1.29, 1.82) is 0 Å². The summed E-state index contributed by atoms with van der Waals surface area (Å²) in [6.07, 6.45) is -5.23. The number of halogens is 5. The third kappa shape index (κ3) is 1.80. The van der Waals surface area contributed by atoms with Gasteiger partial charge in [0.25, 0.3) is 0 Å². The minimum absolute atomic E-state index is 0.188. The van der Waals surface area contributed by atoms with Gasteiger partial charge in [-0.2, -0.15) is 22.0 Å². The first-order valence-electron chi connectivity index (χ1n) is 6.55. The number of hydrogen-bond acceptors (Lipinski definition) is 3. The zero-order valence-electron chi connectivity index (χ0n) is 10.9. The average Bonchev–Trinajstić information content (AvgIpc) is 2.50. The first-order valence-corrected chi connectivity index (χ1v) is 6.55. The molecule has 1 aliphatic carbocycles. The fourth-order valence-corrected chi connectivity index (χ4v) is 3.32. The third-order valence-electron chi connectivity index (χ3n) is 4.51. The Labute approximate surface area is 112 Å². The minimum Gasteiger partial charge on any atom is -0.380 e. The summed E-state index contributed by atoms with van der Waals surface area (Å²) in [5.41, 5.74) is -3.02. The molecule has 0 amide bonds. The van der Waals surface area contributed by atoms with Gasteiger partial charge in [-0.15, -0.1) is 0 Å². The highest BCUT2D eigenvalue weighted by Crippen LogP contribution is 2.59. The summed E-state index contributed by atoms with van der Waals surface area (Å²) in [7, 11) is 0. The van der Waals surface area contributed by atoms with Crippen molar-refractivity contribution in [1.82, 2.24) is 0 Å². The van der Waals surface area contributed by atoms with Crippen LogP contribution in [0.4, 0.5) is 22.0 Å². The largest absolute Gasteiger partial charge is 0.449 e. The van der Waals surface area contributed by atoms with E-state index in [4.69, 9.17) is 0 Å². The Bertz CT molecular complexity index is 380. The standard InChI is InChI=1S/C12H17F5O3/c1-7-9(18,8-5-3-2-4-6-8)10(13,14)11(19,20-7)12(15,16)17/h7-8,18-19H,2-6H2,1H3. The SMILES string of the molecule is CC1OC(O)(C(F)(F)F)C(F)(F)C1(O)C1CCCCC1. The van der Waals surface area contributed by atoms with Crippen molar-refractivity contribution < 1.29 is 36.9 Å². The highest BCUT2D eigenvalue weighted by molar-refractivity contribution is 5.16. The van der Waals surface area contributed by atoms with Crippen LogP contribution in [0.3, 0.4) is 0 Å². The van der Waals surface area contributed by atoms with Crippen molar-refractivity contribution in [2.24, 2.45) is 5.92 Å². The molecule has 118 valence electrons. The maximum atomic E-state index is 14.2. The molecular formula is C12H17F5O3. The molecule has 2 fully saturated rings. The lowest BCUT2D eigenvalue weighted by Crippen LogP contribution is -2.66. The van der Waals surface area contributed by atoms with Gasteiger partial charge in [-0.25, -0.2) is 0 Å². The van der Waals surface area contributed by atoms with Gasteiger partial charge in [0.1, 0.15) is 0 Å². The van der Waals surface area contributed by atoms with Gasteiger partial charge in [0.05, 0.1) is 6.10 Å². The molecule has 0 aromatic carbocycles. The van der Waals surface area contributed by atoms with Crippen LogP contribution in [0, 0.1) is 5.92 Å². The van der Waals surface area contributed by atoms with E-state index >= 15 is 0 Å². The van der Waals surface area contributed by atoms with Crippen molar-refractivity contribution in [3.63, 3.8) is 0 Å². The fourth-order valence-electron chi connectivity index (χ4n) is 3.32. The van der Waals surface area contributed by atoms with E-state index in [0.717, 1.165) is 13.3 Å². The molecule has 3 nitrogen and oxygen atoms in total. The lowest BCUT2D eigenvalue weighted by molar-refractivity contribution is -0.413. The van der Waals surface area contributed by atoms with Crippen LogP contribution in [0.5, 0.6) is 0 Å². The van der Waals surface area contributed by atoms with Crippen LogP contribution in [-0.2, 0) is 4.74 Å². The van der Waals surface area contributed by atoms with E-state index in [9.17, 15) is 32.2 Å². The van der Waals surface area contributed by atoms with Gasteiger partial charge in [0, 0.05) is 0 Å².